The number of piperazine rings is 1. The maximum Gasteiger partial charge on any atom is 0.159 e. The van der Waals surface area contributed by atoms with Crippen molar-refractivity contribution in [3.05, 3.63) is 69.6 Å². The zero-order chi connectivity index (χ0) is 20.1. The predicted octanol–water partition coefficient (Wildman–Crippen LogP) is 3.93. The molecule has 0 amide bonds. The molecule has 1 aliphatic rings. The van der Waals surface area contributed by atoms with Crippen molar-refractivity contribution in [3.63, 3.8) is 0 Å². The molecule has 0 radical (unpaired) electrons. The molecule has 2 aromatic heterocycles. The summed E-state index contributed by atoms with van der Waals surface area (Å²) in [6.07, 6.45) is 4.62. The van der Waals surface area contributed by atoms with E-state index in [1.807, 2.05) is 36.7 Å². The van der Waals surface area contributed by atoms with E-state index in [2.05, 4.69) is 36.6 Å². The molecule has 29 heavy (non-hydrogen) atoms. The van der Waals surface area contributed by atoms with Crippen molar-refractivity contribution in [2.75, 3.05) is 26.2 Å². The van der Waals surface area contributed by atoms with E-state index in [0.717, 1.165) is 50.3 Å². The molecule has 1 fully saturated rings. The average Bonchev–Trinajstić information content (AvgIpc) is 3.25. The van der Waals surface area contributed by atoms with Crippen LogP contribution >= 0.6 is 22.9 Å². The number of hydrogen-bond donors (Lipinski definition) is 1. The van der Waals surface area contributed by atoms with Crippen molar-refractivity contribution in [1.29, 1.82) is 0 Å². The van der Waals surface area contributed by atoms with Gasteiger partial charge in [-0.15, -0.1) is 0 Å². The van der Waals surface area contributed by atoms with Gasteiger partial charge in [-0.2, -0.15) is 11.3 Å². The first-order valence-corrected chi connectivity index (χ1v) is 11.2. The maximum atomic E-state index is 9.52. The molecular formula is C22H25ClN4OS. The number of aromatic nitrogens is 2. The molecule has 1 N–H and O–H groups in total. The SMILES string of the molecule is OCC[C@@H]1CN(Cc2cnc(-c3ccc(Cl)cc3)nc2)CCN1Cc1ccsc1. The smallest absolute Gasteiger partial charge is 0.159 e. The summed E-state index contributed by atoms with van der Waals surface area (Å²) >= 11 is 7.69. The normalized spacial score (nSPS) is 18.2. The number of nitrogens with zero attached hydrogens (tertiary/aromatic N) is 4. The Kier molecular flexibility index (Phi) is 6.90. The first kappa shape index (κ1) is 20.4. The minimum absolute atomic E-state index is 0.220. The van der Waals surface area contributed by atoms with Crippen LogP contribution in [0.2, 0.25) is 5.02 Å². The summed E-state index contributed by atoms with van der Waals surface area (Å²) in [5.41, 5.74) is 3.43. The van der Waals surface area contributed by atoms with E-state index in [-0.39, 0.29) is 6.61 Å². The molecule has 0 bridgehead atoms. The first-order valence-electron chi connectivity index (χ1n) is 9.86. The van der Waals surface area contributed by atoms with E-state index in [1.165, 1.54) is 5.56 Å². The summed E-state index contributed by atoms with van der Waals surface area (Å²) in [4.78, 5) is 14.0. The number of benzene rings is 1. The van der Waals surface area contributed by atoms with Crippen molar-refractivity contribution in [3.8, 4) is 11.4 Å². The van der Waals surface area contributed by atoms with Gasteiger partial charge in [-0.25, -0.2) is 9.97 Å². The van der Waals surface area contributed by atoms with Gasteiger partial charge in [0, 0.05) is 73.9 Å². The number of rotatable bonds is 7. The lowest BCUT2D eigenvalue weighted by Gasteiger charge is -2.41. The lowest BCUT2D eigenvalue weighted by Crippen LogP contribution is -2.52. The van der Waals surface area contributed by atoms with Crippen LogP contribution in [0.25, 0.3) is 11.4 Å². The van der Waals surface area contributed by atoms with Gasteiger partial charge in [0.1, 0.15) is 0 Å². The summed E-state index contributed by atoms with van der Waals surface area (Å²) in [6.45, 7) is 4.96. The zero-order valence-electron chi connectivity index (χ0n) is 16.2. The second-order valence-corrected chi connectivity index (χ2v) is 8.64. The van der Waals surface area contributed by atoms with Crippen LogP contribution < -0.4 is 0 Å². The molecule has 152 valence electrons. The molecular weight excluding hydrogens is 404 g/mol. The minimum Gasteiger partial charge on any atom is -0.396 e. The predicted molar refractivity (Wildman–Crippen MR) is 118 cm³/mol. The zero-order valence-corrected chi connectivity index (χ0v) is 17.8. The molecule has 0 spiro atoms. The third kappa shape index (κ3) is 5.41. The van der Waals surface area contributed by atoms with E-state index in [1.54, 1.807) is 11.3 Å². The number of hydrogen-bond acceptors (Lipinski definition) is 6. The lowest BCUT2D eigenvalue weighted by molar-refractivity contribution is 0.0500. The Labute approximate surface area is 180 Å². The number of aliphatic hydroxyl groups excluding tert-OH is 1. The van der Waals surface area contributed by atoms with E-state index < -0.39 is 0 Å². The van der Waals surface area contributed by atoms with Crippen molar-refractivity contribution in [1.82, 2.24) is 19.8 Å². The monoisotopic (exact) mass is 428 g/mol. The van der Waals surface area contributed by atoms with Crippen LogP contribution in [0.15, 0.2) is 53.5 Å². The quantitative estimate of drug-likeness (QED) is 0.618. The molecule has 1 atom stereocenters. The average molecular weight is 429 g/mol. The lowest BCUT2D eigenvalue weighted by atomic mass is 10.1. The van der Waals surface area contributed by atoms with Crippen molar-refractivity contribution < 1.29 is 5.11 Å². The summed E-state index contributed by atoms with van der Waals surface area (Å²) in [5, 5.41) is 14.6. The van der Waals surface area contributed by atoms with Crippen molar-refractivity contribution in [2.45, 2.75) is 25.6 Å². The Morgan fingerprint density at radius 2 is 1.83 bits per heavy atom. The molecule has 5 nitrogen and oxygen atoms in total. The third-order valence-electron chi connectivity index (χ3n) is 5.33. The minimum atomic E-state index is 0.220. The van der Waals surface area contributed by atoms with Crippen molar-refractivity contribution >= 4 is 22.9 Å². The fourth-order valence-corrected chi connectivity index (χ4v) is 4.58. The Bertz CT molecular complexity index is 886. The van der Waals surface area contributed by atoms with Gasteiger partial charge in [0.2, 0.25) is 0 Å². The topological polar surface area (TPSA) is 52.5 Å². The Hall–Kier alpha value is -1.83. The molecule has 1 aromatic carbocycles. The summed E-state index contributed by atoms with van der Waals surface area (Å²) in [6, 6.07) is 10.1. The van der Waals surface area contributed by atoms with E-state index >= 15 is 0 Å². The molecule has 0 unspecified atom stereocenters. The molecule has 7 heteroatoms. The van der Waals surface area contributed by atoms with Crippen molar-refractivity contribution in [2.24, 2.45) is 0 Å². The highest BCUT2D eigenvalue weighted by Crippen LogP contribution is 2.21. The number of thiophene rings is 1. The van der Waals surface area contributed by atoms with Crippen LogP contribution in [0.3, 0.4) is 0 Å². The third-order valence-corrected chi connectivity index (χ3v) is 6.31. The highest BCUT2D eigenvalue weighted by Gasteiger charge is 2.26. The fourth-order valence-electron chi connectivity index (χ4n) is 3.79. The molecule has 1 saturated heterocycles. The van der Waals surface area contributed by atoms with E-state index in [9.17, 15) is 5.11 Å². The van der Waals surface area contributed by atoms with Gasteiger partial charge in [-0.1, -0.05) is 11.6 Å². The van der Waals surface area contributed by atoms with Gasteiger partial charge >= 0.3 is 0 Å². The molecule has 3 aromatic rings. The summed E-state index contributed by atoms with van der Waals surface area (Å²) in [5.74, 6) is 0.712. The van der Waals surface area contributed by atoms with Crippen LogP contribution in [-0.2, 0) is 13.1 Å². The van der Waals surface area contributed by atoms with Crippen LogP contribution in [-0.4, -0.2) is 57.2 Å². The Balaban J connectivity index is 1.37. The molecule has 0 aliphatic carbocycles. The Morgan fingerprint density at radius 1 is 1.03 bits per heavy atom. The second-order valence-electron chi connectivity index (χ2n) is 7.43. The van der Waals surface area contributed by atoms with Crippen LogP contribution in [0.5, 0.6) is 0 Å². The molecule has 1 aliphatic heterocycles. The van der Waals surface area contributed by atoms with Gasteiger partial charge in [-0.3, -0.25) is 9.80 Å². The maximum absolute atomic E-state index is 9.52. The van der Waals surface area contributed by atoms with Crippen LogP contribution in [0, 0.1) is 0 Å². The summed E-state index contributed by atoms with van der Waals surface area (Å²) in [7, 11) is 0. The molecule has 0 saturated carbocycles. The van der Waals surface area contributed by atoms with E-state index in [4.69, 9.17) is 11.6 Å². The number of aliphatic hydroxyl groups is 1. The van der Waals surface area contributed by atoms with Gasteiger partial charge in [0.25, 0.3) is 0 Å². The fraction of sp³-hybridized carbons (Fsp3) is 0.364. The van der Waals surface area contributed by atoms with Gasteiger partial charge in [-0.05, 0) is 53.1 Å². The largest absolute Gasteiger partial charge is 0.396 e. The van der Waals surface area contributed by atoms with Crippen LogP contribution in [0.4, 0.5) is 0 Å². The molecule has 4 rings (SSSR count). The second kappa shape index (κ2) is 9.78. The number of halogens is 1. The standard InChI is InChI=1S/C22H25ClN4OS/c23-20-3-1-19(2-4-20)22-24-11-18(12-25-22)13-26-7-8-27(21(15-26)5-9-28)14-17-6-10-29-16-17/h1-4,6,10-12,16,21,28H,5,7-9,13-15H2/t21-/m1/s1. The van der Waals surface area contributed by atoms with Gasteiger partial charge in [0.15, 0.2) is 5.82 Å². The highest BCUT2D eigenvalue weighted by atomic mass is 35.5. The highest BCUT2D eigenvalue weighted by molar-refractivity contribution is 7.07. The van der Waals surface area contributed by atoms with Gasteiger partial charge in [0.05, 0.1) is 0 Å². The van der Waals surface area contributed by atoms with Gasteiger partial charge < -0.3 is 5.11 Å². The molecule has 3 heterocycles. The van der Waals surface area contributed by atoms with E-state index in [0.29, 0.717) is 16.9 Å². The summed E-state index contributed by atoms with van der Waals surface area (Å²) < 4.78 is 0. The first-order chi connectivity index (χ1) is 14.2. The van der Waals surface area contributed by atoms with Crippen LogP contribution in [0.1, 0.15) is 17.5 Å². The Morgan fingerprint density at radius 3 is 2.52 bits per heavy atom.